The summed E-state index contributed by atoms with van der Waals surface area (Å²) < 4.78 is 10.4. The molecule has 7 heteroatoms. The molecule has 1 aromatic heterocycles. The summed E-state index contributed by atoms with van der Waals surface area (Å²) >= 11 is 1.22. The number of methoxy groups -OCH3 is 2. The third-order valence-electron chi connectivity index (χ3n) is 2.59. The highest BCUT2D eigenvalue weighted by Crippen LogP contribution is 2.37. The van der Waals surface area contributed by atoms with Gasteiger partial charge >= 0.3 is 0 Å². The van der Waals surface area contributed by atoms with Crippen LogP contribution in [0.1, 0.15) is 6.92 Å². The first-order chi connectivity index (χ1) is 9.55. The van der Waals surface area contributed by atoms with Crippen molar-refractivity contribution in [1.82, 2.24) is 4.98 Å². The number of rotatable bonds is 4. The lowest BCUT2D eigenvalue weighted by Crippen LogP contribution is -2.04. The number of nitrogens with zero attached hydrogens (tertiary/aromatic N) is 1. The number of nitrogens with one attached hydrogen (secondary N) is 1. The molecule has 0 atom stereocenters. The summed E-state index contributed by atoms with van der Waals surface area (Å²) in [5, 5.41) is 3.62. The molecule has 20 heavy (non-hydrogen) atoms. The maximum atomic E-state index is 11.0. The quantitative estimate of drug-likeness (QED) is 0.903. The lowest BCUT2D eigenvalue weighted by molar-refractivity contribution is -0.114. The van der Waals surface area contributed by atoms with E-state index in [2.05, 4.69) is 10.3 Å². The minimum atomic E-state index is -0.183. The smallest absolute Gasteiger partial charge is 0.223 e. The van der Waals surface area contributed by atoms with Gasteiger partial charge in [0.2, 0.25) is 5.91 Å². The molecule has 0 bridgehead atoms. The molecule has 2 aromatic rings. The highest BCUT2D eigenvalue weighted by atomic mass is 32.1. The average Bonchev–Trinajstić information content (AvgIpc) is 2.77. The van der Waals surface area contributed by atoms with E-state index >= 15 is 0 Å². The van der Waals surface area contributed by atoms with E-state index in [0.717, 1.165) is 5.56 Å². The van der Waals surface area contributed by atoms with E-state index in [1.165, 1.54) is 18.3 Å². The molecule has 6 nitrogen and oxygen atoms in total. The number of carbonyl (C=O) groups excluding carboxylic acids is 1. The fourth-order valence-corrected chi connectivity index (χ4v) is 2.53. The Kier molecular flexibility index (Phi) is 4.09. The van der Waals surface area contributed by atoms with Gasteiger partial charge in [-0.25, -0.2) is 4.98 Å². The first kappa shape index (κ1) is 14.1. The Morgan fingerprint density at radius 2 is 2.00 bits per heavy atom. The molecule has 3 N–H and O–H groups in total. The molecular weight excluding hydrogens is 278 g/mol. The van der Waals surface area contributed by atoms with Crippen molar-refractivity contribution in [2.24, 2.45) is 0 Å². The highest BCUT2D eigenvalue weighted by molar-refractivity contribution is 7.20. The van der Waals surface area contributed by atoms with Gasteiger partial charge in [0, 0.05) is 12.5 Å². The monoisotopic (exact) mass is 293 g/mol. The summed E-state index contributed by atoms with van der Waals surface area (Å²) in [5.41, 5.74) is 7.35. The Morgan fingerprint density at radius 1 is 1.30 bits per heavy atom. The van der Waals surface area contributed by atoms with E-state index in [1.807, 2.05) is 6.07 Å². The van der Waals surface area contributed by atoms with E-state index in [-0.39, 0.29) is 5.91 Å². The molecule has 1 amide bonds. The third kappa shape index (κ3) is 2.83. The number of hydrogen-bond acceptors (Lipinski definition) is 6. The summed E-state index contributed by atoms with van der Waals surface area (Å²) in [4.78, 5) is 15.3. The van der Waals surface area contributed by atoms with Crippen molar-refractivity contribution in [2.45, 2.75) is 6.92 Å². The Labute approximate surface area is 120 Å². The van der Waals surface area contributed by atoms with E-state index in [1.54, 1.807) is 26.4 Å². The molecule has 0 unspecified atom stereocenters. The van der Waals surface area contributed by atoms with Crippen LogP contribution in [0.3, 0.4) is 0 Å². The molecule has 1 heterocycles. The number of aromatic nitrogens is 1. The van der Waals surface area contributed by atoms with Gasteiger partial charge in [0.25, 0.3) is 0 Å². The van der Waals surface area contributed by atoms with Crippen molar-refractivity contribution in [3.63, 3.8) is 0 Å². The topological polar surface area (TPSA) is 86.5 Å². The van der Waals surface area contributed by atoms with Crippen LogP contribution in [-0.4, -0.2) is 25.1 Å². The van der Waals surface area contributed by atoms with Crippen LogP contribution in [0.2, 0.25) is 0 Å². The van der Waals surface area contributed by atoms with Crippen molar-refractivity contribution in [3.05, 3.63) is 18.2 Å². The fourth-order valence-electron chi connectivity index (χ4n) is 1.73. The van der Waals surface area contributed by atoms with E-state index in [4.69, 9.17) is 15.2 Å². The van der Waals surface area contributed by atoms with E-state index < -0.39 is 0 Å². The number of nitrogens with two attached hydrogens (primary N) is 1. The zero-order valence-electron chi connectivity index (χ0n) is 11.4. The molecule has 0 aliphatic heterocycles. The molecule has 2 rings (SSSR count). The Hall–Kier alpha value is -2.28. The van der Waals surface area contributed by atoms with Crippen molar-refractivity contribution in [3.8, 4) is 22.8 Å². The molecule has 0 aliphatic carbocycles. The Bertz CT molecular complexity index is 640. The molecule has 0 spiro atoms. The van der Waals surface area contributed by atoms with Crippen LogP contribution in [0.5, 0.6) is 11.5 Å². The van der Waals surface area contributed by atoms with Crippen LogP contribution in [0.4, 0.5) is 10.1 Å². The van der Waals surface area contributed by atoms with Gasteiger partial charge < -0.3 is 20.5 Å². The number of amides is 1. The number of benzene rings is 1. The molecule has 0 saturated heterocycles. The summed E-state index contributed by atoms with van der Waals surface area (Å²) in [6.07, 6.45) is 0. The molecule has 0 aliphatic rings. The first-order valence-electron chi connectivity index (χ1n) is 5.81. The van der Waals surface area contributed by atoms with Crippen LogP contribution < -0.4 is 20.5 Å². The van der Waals surface area contributed by atoms with Gasteiger partial charge in [-0.1, -0.05) is 11.3 Å². The number of thiazole rings is 1. The lowest BCUT2D eigenvalue weighted by atomic mass is 10.1. The van der Waals surface area contributed by atoms with Crippen LogP contribution >= 0.6 is 11.3 Å². The zero-order chi connectivity index (χ0) is 14.7. The number of ether oxygens (including phenoxy) is 2. The third-order valence-corrected chi connectivity index (χ3v) is 3.39. The number of nitrogen functional groups attached to an aromatic ring is 1. The predicted octanol–water partition coefficient (Wildman–Crippen LogP) is 2.37. The van der Waals surface area contributed by atoms with Crippen LogP contribution in [0.15, 0.2) is 18.2 Å². The molecule has 0 saturated carbocycles. The average molecular weight is 293 g/mol. The minimum absolute atomic E-state index is 0.183. The first-order valence-corrected chi connectivity index (χ1v) is 6.63. The van der Waals surface area contributed by atoms with Gasteiger partial charge in [-0.3, -0.25) is 4.79 Å². The standard InChI is InChI=1S/C13H15N3O3S/c1-7(17)15-13-16-11(12(14)20-13)8-4-5-9(18-2)10(6-8)19-3/h4-6H,14H2,1-3H3,(H,15,16,17). The lowest BCUT2D eigenvalue weighted by Gasteiger charge is -2.08. The van der Waals surface area contributed by atoms with Crippen molar-refractivity contribution < 1.29 is 14.3 Å². The second kappa shape index (κ2) is 5.79. The van der Waals surface area contributed by atoms with E-state index in [0.29, 0.717) is 27.3 Å². The number of hydrogen-bond donors (Lipinski definition) is 2. The van der Waals surface area contributed by atoms with Crippen LogP contribution in [0, 0.1) is 0 Å². The molecule has 106 valence electrons. The van der Waals surface area contributed by atoms with Crippen molar-refractivity contribution in [2.75, 3.05) is 25.3 Å². The van der Waals surface area contributed by atoms with Gasteiger partial charge in [0.1, 0.15) is 10.7 Å². The molecule has 1 aromatic carbocycles. The highest BCUT2D eigenvalue weighted by Gasteiger charge is 2.14. The summed E-state index contributed by atoms with van der Waals surface area (Å²) in [6.45, 7) is 1.42. The zero-order valence-corrected chi connectivity index (χ0v) is 12.2. The minimum Gasteiger partial charge on any atom is -0.493 e. The second-order valence-electron chi connectivity index (χ2n) is 3.98. The van der Waals surface area contributed by atoms with Crippen molar-refractivity contribution >= 4 is 27.4 Å². The Morgan fingerprint density at radius 3 is 2.60 bits per heavy atom. The maximum Gasteiger partial charge on any atom is 0.223 e. The Balaban J connectivity index is 2.41. The number of anilines is 2. The van der Waals surface area contributed by atoms with Gasteiger partial charge in [0.05, 0.1) is 14.2 Å². The number of carbonyl (C=O) groups is 1. The largest absolute Gasteiger partial charge is 0.493 e. The molecule has 0 radical (unpaired) electrons. The van der Waals surface area contributed by atoms with Crippen LogP contribution in [0.25, 0.3) is 11.3 Å². The maximum absolute atomic E-state index is 11.0. The molecule has 0 fully saturated rings. The van der Waals surface area contributed by atoms with Crippen molar-refractivity contribution in [1.29, 1.82) is 0 Å². The van der Waals surface area contributed by atoms with Gasteiger partial charge in [-0.05, 0) is 18.2 Å². The summed E-state index contributed by atoms with van der Waals surface area (Å²) in [5.74, 6) is 1.04. The van der Waals surface area contributed by atoms with Gasteiger partial charge in [-0.2, -0.15) is 0 Å². The SMILES string of the molecule is COc1ccc(-c2nc(NC(C)=O)sc2N)cc1OC. The second-order valence-corrected chi connectivity index (χ2v) is 5.01. The molecular formula is C13H15N3O3S. The fraction of sp³-hybridized carbons (Fsp3) is 0.231. The van der Waals surface area contributed by atoms with Gasteiger partial charge in [-0.15, -0.1) is 0 Å². The predicted molar refractivity (Wildman–Crippen MR) is 79.4 cm³/mol. The van der Waals surface area contributed by atoms with Gasteiger partial charge in [0.15, 0.2) is 16.6 Å². The normalized spacial score (nSPS) is 10.2. The van der Waals surface area contributed by atoms with Crippen LogP contribution in [-0.2, 0) is 4.79 Å². The summed E-state index contributed by atoms with van der Waals surface area (Å²) in [7, 11) is 3.14. The van der Waals surface area contributed by atoms with E-state index in [9.17, 15) is 4.79 Å². The summed E-state index contributed by atoms with van der Waals surface area (Å²) in [6, 6.07) is 5.41.